The zero-order valence-corrected chi connectivity index (χ0v) is 12.0. The molecule has 2 aromatic rings. The molecule has 0 aliphatic rings. The third-order valence-electron chi connectivity index (χ3n) is 3.19. The number of imidazole rings is 1. The van der Waals surface area contributed by atoms with Gasteiger partial charge in [-0.05, 0) is 31.2 Å². The highest BCUT2D eigenvalue weighted by Crippen LogP contribution is 2.14. The molecule has 0 aliphatic carbocycles. The zero-order chi connectivity index (χ0) is 13.8. The van der Waals surface area contributed by atoms with E-state index in [0.29, 0.717) is 4.99 Å². The van der Waals surface area contributed by atoms with Crippen molar-refractivity contribution in [1.29, 1.82) is 0 Å². The lowest BCUT2D eigenvalue weighted by molar-refractivity contribution is 0.664. The summed E-state index contributed by atoms with van der Waals surface area (Å²) in [4.78, 5) is 6.85. The smallest absolute Gasteiger partial charge is 0.105 e. The van der Waals surface area contributed by atoms with Gasteiger partial charge in [0, 0.05) is 43.8 Å². The molecule has 0 spiro atoms. The normalized spacial score (nSPS) is 10.4. The summed E-state index contributed by atoms with van der Waals surface area (Å²) in [5, 5.41) is 0. The van der Waals surface area contributed by atoms with E-state index in [1.54, 1.807) is 0 Å². The highest BCUT2D eigenvalue weighted by Gasteiger charge is 2.03. The number of nitrogens with two attached hydrogens (primary N) is 1. The fourth-order valence-corrected chi connectivity index (χ4v) is 2.04. The Morgan fingerprint density at radius 1 is 1.37 bits per heavy atom. The van der Waals surface area contributed by atoms with Gasteiger partial charge in [-0.2, -0.15) is 0 Å². The molecule has 2 rings (SSSR count). The van der Waals surface area contributed by atoms with E-state index in [0.717, 1.165) is 30.2 Å². The first-order valence-corrected chi connectivity index (χ1v) is 6.57. The highest BCUT2D eigenvalue weighted by atomic mass is 32.1. The summed E-state index contributed by atoms with van der Waals surface area (Å²) >= 11 is 4.94. The van der Waals surface area contributed by atoms with Crippen LogP contribution in [-0.4, -0.2) is 28.1 Å². The Morgan fingerprint density at radius 3 is 2.58 bits per heavy atom. The van der Waals surface area contributed by atoms with Gasteiger partial charge in [-0.3, -0.25) is 0 Å². The van der Waals surface area contributed by atoms with Crippen molar-refractivity contribution in [2.45, 2.75) is 13.5 Å². The van der Waals surface area contributed by atoms with Crippen molar-refractivity contribution in [3.8, 4) is 0 Å². The lowest BCUT2D eigenvalue weighted by atomic mass is 10.2. The minimum absolute atomic E-state index is 0.434. The second-order valence-electron chi connectivity index (χ2n) is 4.50. The van der Waals surface area contributed by atoms with Crippen molar-refractivity contribution in [2.75, 3.05) is 18.5 Å². The van der Waals surface area contributed by atoms with Crippen LogP contribution in [0.25, 0.3) is 0 Å². The largest absolute Gasteiger partial charge is 0.389 e. The van der Waals surface area contributed by atoms with E-state index in [1.807, 2.05) is 43.6 Å². The first-order valence-electron chi connectivity index (χ1n) is 6.16. The Balaban J connectivity index is 1.98. The number of hydrogen-bond donors (Lipinski definition) is 1. The first kappa shape index (κ1) is 13.5. The van der Waals surface area contributed by atoms with Crippen LogP contribution in [0.4, 0.5) is 5.69 Å². The average molecular weight is 274 g/mol. The van der Waals surface area contributed by atoms with E-state index in [9.17, 15) is 0 Å². The van der Waals surface area contributed by atoms with Crippen LogP contribution < -0.4 is 10.6 Å². The molecule has 100 valence electrons. The minimum atomic E-state index is 0.434. The molecular weight excluding hydrogens is 256 g/mol. The van der Waals surface area contributed by atoms with Gasteiger partial charge in [0.15, 0.2) is 0 Å². The molecule has 0 saturated carbocycles. The summed E-state index contributed by atoms with van der Waals surface area (Å²) in [5.74, 6) is 1.04. The average Bonchev–Trinajstić information content (AvgIpc) is 2.81. The summed E-state index contributed by atoms with van der Waals surface area (Å²) in [6.07, 6.45) is 3.82. The van der Waals surface area contributed by atoms with Gasteiger partial charge >= 0.3 is 0 Å². The molecular formula is C14H18N4S. The number of hydrogen-bond acceptors (Lipinski definition) is 3. The Bertz CT molecular complexity index is 559. The van der Waals surface area contributed by atoms with Gasteiger partial charge in [-0.25, -0.2) is 4.98 Å². The number of likely N-dealkylation sites (N-methyl/N-ethyl adjacent to an activating group) is 1. The molecule has 5 heteroatoms. The Morgan fingerprint density at radius 2 is 2.05 bits per heavy atom. The molecule has 2 N–H and O–H groups in total. The van der Waals surface area contributed by atoms with Gasteiger partial charge in [-0.1, -0.05) is 12.2 Å². The van der Waals surface area contributed by atoms with Crippen molar-refractivity contribution >= 4 is 22.9 Å². The van der Waals surface area contributed by atoms with Crippen molar-refractivity contribution in [3.05, 3.63) is 48.0 Å². The van der Waals surface area contributed by atoms with Gasteiger partial charge in [0.2, 0.25) is 0 Å². The molecule has 0 amide bonds. The van der Waals surface area contributed by atoms with Gasteiger partial charge in [0.05, 0.1) is 0 Å². The van der Waals surface area contributed by atoms with Crippen LogP contribution in [0.5, 0.6) is 0 Å². The number of benzene rings is 1. The third-order valence-corrected chi connectivity index (χ3v) is 3.43. The fourth-order valence-electron chi connectivity index (χ4n) is 1.91. The van der Waals surface area contributed by atoms with Crippen LogP contribution in [0.2, 0.25) is 0 Å². The maximum absolute atomic E-state index is 5.59. The number of anilines is 1. The predicted molar refractivity (Wildman–Crippen MR) is 82.6 cm³/mol. The highest BCUT2D eigenvalue weighted by molar-refractivity contribution is 7.80. The molecule has 19 heavy (non-hydrogen) atoms. The molecule has 0 unspecified atom stereocenters. The van der Waals surface area contributed by atoms with E-state index in [-0.39, 0.29) is 0 Å². The lowest BCUT2D eigenvalue weighted by Gasteiger charge is -2.20. The quantitative estimate of drug-likeness (QED) is 0.847. The van der Waals surface area contributed by atoms with Crippen LogP contribution in [0, 0.1) is 6.92 Å². The molecule has 0 atom stereocenters. The SMILES string of the molecule is Cc1nccn1CCN(C)c1ccc(C(N)=S)cc1. The third kappa shape index (κ3) is 3.32. The number of aryl methyl sites for hydroxylation is 1. The molecule has 0 radical (unpaired) electrons. The maximum atomic E-state index is 5.59. The zero-order valence-electron chi connectivity index (χ0n) is 11.2. The van der Waals surface area contributed by atoms with Crippen LogP contribution >= 0.6 is 12.2 Å². The van der Waals surface area contributed by atoms with E-state index in [1.165, 1.54) is 0 Å². The van der Waals surface area contributed by atoms with E-state index in [4.69, 9.17) is 18.0 Å². The summed E-state index contributed by atoms with van der Waals surface area (Å²) in [6.45, 7) is 3.85. The number of nitrogens with zero attached hydrogens (tertiary/aromatic N) is 3. The minimum Gasteiger partial charge on any atom is -0.389 e. The van der Waals surface area contributed by atoms with Crippen molar-refractivity contribution in [3.63, 3.8) is 0 Å². The second kappa shape index (κ2) is 5.84. The summed E-state index contributed by atoms with van der Waals surface area (Å²) in [7, 11) is 2.07. The first-order chi connectivity index (χ1) is 9.08. The van der Waals surface area contributed by atoms with Gasteiger partial charge in [-0.15, -0.1) is 0 Å². The maximum Gasteiger partial charge on any atom is 0.105 e. The van der Waals surface area contributed by atoms with Crippen LogP contribution in [0.1, 0.15) is 11.4 Å². The van der Waals surface area contributed by atoms with Crippen LogP contribution in [0.15, 0.2) is 36.7 Å². The van der Waals surface area contributed by atoms with Gasteiger partial charge in [0.1, 0.15) is 10.8 Å². The Kier molecular flexibility index (Phi) is 4.16. The molecule has 1 aromatic carbocycles. The molecule has 0 fully saturated rings. The van der Waals surface area contributed by atoms with Crippen LogP contribution in [0.3, 0.4) is 0 Å². The molecule has 0 bridgehead atoms. The van der Waals surface area contributed by atoms with Gasteiger partial charge < -0.3 is 15.2 Å². The van der Waals surface area contributed by atoms with Gasteiger partial charge in [0.25, 0.3) is 0 Å². The fraction of sp³-hybridized carbons (Fsp3) is 0.286. The Hall–Kier alpha value is -1.88. The molecule has 1 aromatic heterocycles. The van der Waals surface area contributed by atoms with Crippen molar-refractivity contribution in [2.24, 2.45) is 5.73 Å². The summed E-state index contributed by atoms with van der Waals surface area (Å²) < 4.78 is 2.14. The van der Waals surface area contributed by atoms with Crippen molar-refractivity contribution in [1.82, 2.24) is 9.55 Å². The predicted octanol–water partition coefficient (Wildman–Crippen LogP) is 1.96. The van der Waals surface area contributed by atoms with E-state index in [2.05, 4.69) is 21.5 Å². The van der Waals surface area contributed by atoms with Crippen LogP contribution in [-0.2, 0) is 6.54 Å². The summed E-state index contributed by atoms with van der Waals surface area (Å²) in [5.41, 5.74) is 7.64. The second-order valence-corrected chi connectivity index (χ2v) is 4.94. The molecule has 4 nitrogen and oxygen atoms in total. The lowest BCUT2D eigenvalue weighted by Crippen LogP contribution is -2.23. The summed E-state index contributed by atoms with van der Waals surface area (Å²) in [6, 6.07) is 7.98. The monoisotopic (exact) mass is 274 g/mol. The number of aromatic nitrogens is 2. The van der Waals surface area contributed by atoms with E-state index < -0.39 is 0 Å². The molecule has 0 saturated heterocycles. The molecule has 1 heterocycles. The number of rotatable bonds is 5. The Labute approximate surface area is 118 Å². The topological polar surface area (TPSA) is 47.1 Å². The van der Waals surface area contributed by atoms with E-state index >= 15 is 0 Å². The number of thiocarbonyl (C=S) groups is 1. The van der Waals surface area contributed by atoms with Crippen molar-refractivity contribution < 1.29 is 0 Å². The molecule has 0 aliphatic heterocycles. The standard InChI is InChI=1S/C14H18N4S/c1-11-16-7-8-18(11)10-9-17(2)13-5-3-12(4-6-13)14(15)19/h3-8H,9-10H2,1-2H3,(H2,15,19).